The van der Waals surface area contributed by atoms with Crippen LogP contribution in [0.2, 0.25) is 0 Å². The lowest BCUT2D eigenvalue weighted by Crippen LogP contribution is -2.47. The minimum atomic E-state index is -0.234. The van der Waals surface area contributed by atoms with Crippen LogP contribution in [0, 0.1) is 0 Å². The van der Waals surface area contributed by atoms with Crippen LogP contribution in [0.5, 0.6) is 0 Å². The Morgan fingerprint density at radius 1 is 0.909 bits per heavy atom. The molecule has 6 rings (SSSR count). The normalized spacial score (nSPS) is 16.3. The highest BCUT2D eigenvalue weighted by Crippen LogP contribution is 2.27. The molecule has 1 aromatic carbocycles. The number of furan rings is 1. The lowest BCUT2D eigenvalue weighted by atomic mass is 9.90. The van der Waals surface area contributed by atoms with Gasteiger partial charge in [-0.05, 0) is 18.6 Å². The summed E-state index contributed by atoms with van der Waals surface area (Å²) in [6, 6.07) is 10.8. The molecule has 0 N–H and O–H groups in total. The van der Waals surface area contributed by atoms with E-state index in [9.17, 15) is 9.59 Å². The van der Waals surface area contributed by atoms with Gasteiger partial charge in [0.2, 0.25) is 11.6 Å². The fourth-order valence-electron chi connectivity index (χ4n) is 4.71. The summed E-state index contributed by atoms with van der Waals surface area (Å²) < 4.78 is 7.22. The van der Waals surface area contributed by atoms with E-state index in [1.165, 1.54) is 0 Å². The van der Waals surface area contributed by atoms with Gasteiger partial charge >= 0.3 is 0 Å². The predicted octanol–water partition coefficient (Wildman–Crippen LogP) is 2.41. The number of aryl methyl sites for hydroxylation is 1. The monoisotopic (exact) mass is 442 g/mol. The van der Waals surface area contributed by atoms with Gasteiger partial charge in [-0.1, -0.05) is 29.5 Å². The Bertz CT molecular complexity index is 1370. The summed E-state index contributed by atoms with van der Waals surface area (Å²) in [6.45, 7) is 4.99. The number of ketones is 2. The summed E-state index contributed by atoms with van der Waals surface area (Å²) in [7, 11) is 0. The Balaban J connectivity index is 1.08. The maximum atomic E-state index is 13.0. The highest BCUT2D eigenvalue weighted by molar-refractivity contribution is 6.26. The molecule has 0 atom stereocenters. The first-order valence-corrected chi connectivity index (χ1v) is 11.1. The molecule has 1 saturated heterocycles. The van der Waals surface area contributed by atoms with Crippen molar-refractivity contribution in [2.45, 2.75) is 13.0 Å². The number of carbonyl (C=O) groups excluding carboxylic acids is 2. The number of pyridine rings is 1. The van der Waals surface area contributed by atoms with Crippen LogP contribution in [0.15, 0.2) is 53.3 Å². The lowest BCUT2D eigenvalue weighted by Gasteiger charge is -2.35. The molecule has 0 radical (unpaired) electrons. The molecule has 4 aromatic rings. The average Bonchev–Trinajstić information content (AvgIpc) is 3.51. The predicted molar refractivity (Wildman–Crippen MR) is 121 cm³/mol. The second kappa shape index (κ2) is 7.93. The number of rotatable bonds is 5. The van der Waals surface area contributed by atoms with Gasteiger partial charge in [0.1, 0.15) is 5.69 Å². The molecule has 9 nitrogen and oxygen atoms in total. The number of hydrogen-bond donors (Lipinski definition) is 0. The number of piperazine rings is 1. The van der Waals surface area contributed by atoms with Crippen molar-refractivity contribution in [3.63, 3.8) is 0 Å². The highest BCUT2D eigenvalue weighted by atomic mass is 16.3. The maximum absolute atomic E-state index is 13.0. The van der Waals surface area contributed by atoms with Crippen molar-refractivity contribution in [3.8, 4) is 0 Å². The summed E-state index contributed by atoms with van der Waals surface area (Å²) in [5.41, 5.74) is 2.13. The van der Waals surface area contributed by atoms with Crippen molar-refractivity contribution in [2.24, 2.45) is 0 Å². The molecule has 1 fully saturated rings. The van der Waals surface area contributed by atoms with Gasteiger partial charge in [-0.25, -0.2) is 9.67 Å². The Kier molecular flexibility index (Phi) is 4.76. The van der Waals surface area contributed by atoms with E-state index in [1.807, 2.05) is 18.3 Å². The van der Waals surface area contributed by atoms with Crippen molar-refractivity contribution < 1.29 is 14.0 Å². The molecule has 0 saturated carbocycles. The zero-order valence-corrected chi connectivity index (χ0v) is 18.0. The van der Waals surface area contributed by atoms with Crippen LogP contribution in [0.4, 0.5) is 5.82 Å². The smallest absolute Gasteiger partial charge is 0.216 e. The molecule has 1 aliphatic carbocycles. The Morgan fingerprint density at radius 3 is 2.52 bits per heavy atom. The van der Waals surface area contributed by atoms with Crippen molar-refractivity contribution in [1.82, 2.24) is 24.9 Å². The van der Waals surface area contributed by atoms with E-state index in [-0.39, 0.29) is 17.3 Å². The molecule has 1 aliphatic heterocycles. The Morgan fingerprint density at radius 2 is 1.70 bits per heavy atom. The molecule has 166 valence electrons. The van der Waals surface area contributed by atoms with Gasteiger partial charge in [-0.2, -0.15) is 0 Å². The molecule has 2 aliphatic rings. The third-order valence-corrected chi connectivity index (χ3v) is 6.45. The fraction of sp³-hybridized carbons (Fsp3) is 0.292. The van der Waals surface area contributed by atoms with E-state index in [1.54, 1.807) is 35.2 Å². The number of nitrogens with zero attached hydrogens (tertiary/aromatic N) is 6. The number of benzene rings is 1. The maximum Gasteiger partial charge on any atom is 0.216 e. The van der Waals surface area contributed by atoms with Crippen LogP contribution < -0.4 is 4.90 Å². The topological polar surface area (TPSA) is 97.4 Å². The van der Waals surface area contributed by atoms with Gasteiger partial charge in [0.05, 0.1) is 6.26 Å². The Labute approximate surface area is 189 Å². The van der Waals surface area contributed by atoms with E-state index >= 15 is 0 Å². The van der Waals surface area contributed by atoms with Crippen molar-refractivity contribution >= 4 is 28.4 Å². The first-order valence-electron chi connectivity index (χ1n) is 11.1. The summed E-state index contributed by atoms with van der Waals surface area (Å²) in [6.07, 6.45) is 4.33. The number of carbonyl (C=O) groups is 2. The number of hydrogen-bond acceptors (Lipinski definition) is 8. The van der Waals surface area contributed by atoms with Crippen LogP contribution in [-0.4, -0.2) is 69.2 Å². The highest BCUT2D eigenvalue weighted by Gasteiger charge is 2.34. The van der Waals surface area contributed by atoms with Gasteiger partial charge in [-0.15, -0.1) is 5.10 Å². The zero-order valence-electron chi connectivity index (χ0n) is 18.0. The third kappa shape index (κ3) is 3.32. The molecule has 3 aromatic heterocycles. The van der Waals surface area contributed by atoms with Crippen LogP contribution in [-0.2, 0) is 6.54 Å². The van der Waals surface area contributed by atoms with E-state index in [0.717, 1.165) is 55.9 Å². The molecule has 9 heteroatoms. The van der Waals surface area contributed by atoms with E-state index < -0.39 is 0 Å². The summed E-state index contributed by atoms with van der Waals surface area (Å²) in [5.74, 6) is 0.482. The number of anilines is 1. The first kappa shape index (κ1) is 19.8. The van der Waals surface area contributed by atoms with Gasteiger partial charge in [0, 0.05) is 62.0 Å². The largest absolute Gasteiger partial charge is 0.460 e. The molecule has 0 unspecified atom stereocenters. The van der Waals surface area contributed by atoms with Gasteiger partial charge in [-0.3, -0.25) is 14.5 Å². The van der Waals surface area contributed by atoms with Crippen molar-refractivity contribution in [3.05, 3.63) is 71.4 Å². The zero-order chi connectivity index (χ0) is 22.4. The number of fused-ring (bicyclic) bond motifs is 3. The quantitative estimate of drug-likeness (QED) is 0.409. The Hall–Kier alpha value is -3.85. The second-order valence-corrected chi connectivity index (χ2v) is 8.37. The summed E-state index contributed by atoms with van der Waals surface area (Å²) >= 11 is 0. The number of aromatic nitrogens is 4. The van der Waals surface area contributed by atoms with Crippen LogP contribution in [0.25, 0.3) is 11.0 Å². The third-order valence-electron chi connectivity index (χ3n) is 6.45. The van der Waals surface area contributed by atoms with Crippen LogP contribution in [0.3, 0.4) is 0 Å². The van der Waals surface area contributed by atoms with Crippen LogP contribution in [0.1, 0.15) is 38.5 Å². The molecule has 33 heavy (non-hydrogen) atoms. The van der Waals surface area contributed by atoms with Crippen molar-refractivity contribution in [2.75, 3.05) is 37.6 Å². The fourth-order valence-corrected chi connectivity index (χ4v) is 4.71. The van der Waals surface area contributed by atoms with Gasteiger partial charge < -0.3 is 9.32 Å². The molecular weight excluding hydrogens is 420 g/mol. The van der Waals surface area contributed by atoms with Crippen LogP contribution >= 0.6 is 0 Å². The van der Waals surface area contributed by atoms with Gasteiger partial charge in [0.25, 0.3) is 0 Å². The lowest BCUT2D eigenvalue weighted by molar-refractivity contribution is 0.0970. The second-order valence-electron chi connectivity index (χ2n) is 8.37. The average molecular weight is 442 g/mol. The van der Waals surface area contributed by atoms with Crippen molar-refractivity contribution in [1.29, 1.82) is 0 Å². The molecule has 0 bridgehead atoms. The van der Waals surface area contributed by atoms with E-state index in [4.69, 9.17) is 4.42 Å². The van der Waals surface area contributed by atoms with Gasteiger partial charge in [0.15, 0.2) is 17.1 Å². The first-order chi connectivity index (χ1) is 16.2. The SMILES string of the molecule is O=C1c2ccccc2C(=O)c2c1nnn2CCCN1CCN(c2nccc3ccoc23)CC1. The molecule has 0 spiro atoms. The molecule has 4 heterocycles. The minimum Gasteiger partial charge on any atom is -0.460 e. The summed E-state index contributed by atoms with van der Waals surface area (Å²) in [5, 5.41) is 9.21. The van der Waals surface area contributed by atoms with E-state index in [2.05, 4.69) is 25.1 Å². The standard InChI is InChI=1S/C24H22N6O3/c31-21-17-4-1-2-5-18(17)22(32)20-19(21)26-27-30(20)10-3-9-28-11-13-29(14-12-28)24-23-16(6-8-25-24)7-15-33-23/h1-2,4-8,15H,3,9-14H2. The van der Waals surface area contributed by atoms with E-state index in [0.29, 0.717) is 23.4 Å². The summed E-state index contributed by atoms with van der Waals surface area (Å²) in [4.78, 5) is 34.9. The molecule has 0 amide bonds. The molecular formula is C24H22N6O3. The minimum absolute atomic E-state index is 0.159.